The average Bonchev–Trinajstić information content (AvgIpc) is 3.74. The van der Waals surface area contributed by atoms with E-state index in [4.69, 9.17) is 37.5 Å². The fourth-order valence-electron chi connectivity index (χ4n) is 9.78. The molecule has 0 spiro atoms. The molecular formula is C59H87N4O10P. The van der Waals surface area contributed by atoms with Gasteiger partial charge in [0, 0.05) is 31.0 Å². The lowest BCUT2D eigenvalue weighted by Gasteiger charge is -2.38. The number of unbranched alkanes of at least 4 members (excludes halogenated alkanes) is 15. The van der Waals surface area contributed by atoms with Gasteiger partial charge >= 0.3 is 5.69 Å². The van der Waals surface area contributed by atoms with Crippen LogP contribution < -0.4 is 20.7 Å². The number of aromatic nitrogens is 2. The molecule has 14 nitrogen and oxygen atoms in total. The van der Waals surface area contributed by atoms with Crippen molar-refractivity contribution in [3.05, 3.63) is 129 Å². The third kappa shape index (κ3) is 18.4. The van der Waals surface area contributed by atoms with E-state index in [-0.39, 0.29) is 38.3 Å². The van der Waals surface area contributed by atoms with Crippen LogP contribution in [-0.2, 0) is 33.6 Å². The summed E-state index contributed by atoms with van der Waals surface area (Å²) in [4.78, 5) is 28.6. The number of ether oxygens (including phenoxy) is 6. The van der Waals surface area contributed by atoms with Crippen molar-refractivity contribution in [2.24, 2.45) is 0 Å². The molecule has 0 saturated carbocycles. The summed E-state index contributed by atoms with van der Waals surface area (Å²) < 4.78 is 55.6. The molecular weight excluding hydrogens is 956 g/mol. The molecule has 4 aromatic rings. The number of hydrogen-bond acceptors (Lipinski definition) is 12. The number of H-pyrrole nitrogens is 1. The van der Waals surface area contributed by atoms with Crippen molar-refractivity contribution >= 4 is 8.53 Å². The zero-order chi connectivity index (χ0) is 53.0. The Morgan fingerprint density at radius 1 is 0.676 bits per heavy atom. The van der Waals surface area contributed by atoms with Gasteiger partial charge in [-0.3, -0.25) is 14.3 Å². The zero-order valence-electron chi connectivity index (χ0n) is 45.6. The lowest BCUT2D eigenvalue weighted by Crippen LogP contribution is -2.43. The van der Waals surface area contributed by atoms with Crippen LogP contribution in [0.15, 0.2) is 101 Å². The minimum atomic E-state index is -1.86. The van der Waals surface area contributed by atoms with E-state index in [0.29, 0.717) is 24.7 Å². The summed E-state index contributed by atoms with van der Waals surface area (Å²) in [5.74, 6) is 1.38. The second kappa shape index (κ2) is 33.6. The molecule has 0 amide bonds. The molecule has 1 saturated heterocycles. The zero-order valence-corrected chi connectivity index (χ0v) is 46.4. The predicted octanol–water partition coefficient (Wildman–Crippen LogP) is 12.8. The first-order chi connectivity index (χ1) is 36.1. The highest BCUT2D eigenvalue weighted by atomic mass is 31.2. The van der Waals surface area contributed by atoms with Crippen LogP contribution in [0.3, 0.4) is 0 Å². The number of nitriles is 1. The van der Waals surface area contributed by atoms with Gasteiger partial charge in [-0.25, -0.2) is 9.46 Å². The molecule has 0 bridgehead atoms. The lowest BCUT2D eigenvalue weighted by molar-refractivity contribution is -0.108. The highest BCUT2D eigenvalue weighted by Gasteiger charge is 2.51. The smallest absolute Gasteiger partial charge is 0.330 e. The van der Waals surface area contributed by atoms with Gasteiger partial charge in [-0.15, -0.1) is 0 Å². The van der Waals surface area contributed by atoms with Crippen LogP contribution in [0.2, 0.25) is 0 Å². The molecule has 1 aliphatic heterocycles. The van der Waals surface area contributed by atoms with Crippen molar-refractivity contribution in [1.29, 1.82) is 5.26 Å². The van der Waals surface area contributed by atoms with Crippen LogP contribution in [0.5, 0.6) is 11.5 Å². The minimum Gasteiger partial charge on any atom is -0.497 e. The van der Waals surface area contributed by atoms with E-state index in [0.717, 1.165) is 29.5 Å². The number of benzene rings is 3. The SMILES string of the molecule is CCCCCCCCCCCCCCCCCCOCCOC1C(OP(OCCC#N)N(C(C)C)C(C)C)[C@H](n2ccc(=O)[nH]c2=O)O[C@@H]1COC(c1ccccc1)(c1ccc(OC)cc1)c1ccc(OC)cc1. The van der Waals surface area contributed by atoms with E-state index < -0.39 is 49.9 Å². The summed E-state index contributed by atoms with van der Waals surface area (Å²) in [6.07, 6.45) is 18.7. The quantitative estimate of drug-likeness (QED) is 0.0258. The standard InChI is InChI=1S/C59H87N4O10P/c1-8-9-10-11-12-13-14-15-16-17-18-19-20-21-22-26-41-68-43-44-69-55-53(72-57(62-40-38-54(64)61-58(62)65)56(55)73-74(71-42-27-39-60)63(46(2)3)47(4)5)45-70-59(48-28-24-23-25-29-48,49-30-34-51(66-6)35-31-49)50-32-36-52(67-7)37-33-50/h23-25,28-38,40,46-47,53,55-57H,8-22,26-27,41-45H2,1-7H3,(H,61,64,65)/t53-,55?,56?,57-,74?/m1/s1. The van der Waals surface area contributed by atoms with Crippen molar-refractivity contribution in [3.8, 4) is 17.6 Å². The molecule has 2 heterocycles. The summed E-state index contributed by atoms with van der Waals surface area (Å²) in [7, 11) is 1.41. The van der Waals surface area contributed by atoms with E-state index in [2.05, 4.69) is 50.3 Å². The molecule has 15 heteroatoms. The second-order valence-electron chi connectivity index (χ2n) is 19.8. The van der Waals surface area contributed by atoms with E-state index >= 15 is 0 Å². The first-order valence-corrected chi connectivity index (χ1v) is 28.6. The predicted molar refractivity (Wildman–Crippen MR) is 294 cm³/mol. The lowest BCUT2D eigenvalue weighted by atomic mass is 9.80. The van der Waals surface area contributed by atoms with Gasteiger partial charge in [0.25, 0.3) is 14.1 Å². The summed E-state index contributed by atoms with van der Waals surface area (Å²) in [6.45, 7) is 11.7. The van der Waals surface area contributed by atoms with Gasteiger partial charge in [0.15, 0.2) is 6.23 Å². The summed E-state index contributed by atoms with van der Waals surface area (Å²) >= 11 is 0. The Morgan fingerprint density at radius 2 is 1.20 bits per heavy atom. The van der Waals surface area contributed by atoms with Gasteiger partial charge in [0.05, 0.1) is 53.1 Å². The maximum atomic E-state index is 13.7. The fourth-order valence-corrected chi connectivity index (χ4v) is 11.5. The second-order valence-corrected chi connectivity index (χ2v) is 21.2. The number of rotatable bonds is 38. The van der Waals surface area contributed by atoms with Crippen molar-refractivity contribution in [2.75, 3.05) is 47.3 Å². The number of nitrogens with zero attached hydrogens (tertiary/aromatic N) is 3. The topological polar surface area (TPSA) is 156 Å². The maximum absolute atomic E-state index is 13.7. The average molecular weight is 1040 g/mol. The van der Waals surface area contributed by atoms with Gasteiger partial charge < -0.3 is 37.5 Å². The monoisotopic (exact) mass is 1040 g/mol. The Hall–Kier alpha value is -4.42. The van der Waals surface area contributed by atoms with Gasteiger partial charge in [0.1, 0.15) is 35.4 Å². The molecule has 408 valence electrons. The third-order valence-corrected chi connectivity index (χ3v) is 15.7. The Bertz CT molecular complexity index is 2230. The van der Waals surface area contributed by atoms with E-state index in [9.17, 15) is 14.9 Å². The maximum Gasteiger partial charge on any atom is 0.330 e. The van der Waals surface area contributed by atoms with E-state index in [1.807, 2.05) is 78.9 Å². The molecule has 5 atom stereocenters. The van der Waals surface area contributed by atoms with Crippen LogP contribution in [0.25, 0.3) is 0 Å². The van der Waals surface area contributed by atoms with Crippen molar-refractivity contribution in [1.82, 2.24) is 14.2 Å². The molecule has 1 fully saturated rings. The van der Waals surface area contributed by atoms with Gasteiger partial charge in [-0.1, -0.05) is 158 Å². The van der Waals surface area contributed by atoms with Gasteiger partial charge in [-0.05, 0) is 75.1 Å². The number of methoxy groups -OCH3 is 2. The van der Waals surface area contributed by atoms with Crippen LogP contribution in [-0.4, -0.2) is 91.9 Å². The third-order valence-electron chi connectivity index (χ3n) is 13.6. The minimum absolute atomic E-state index is 0.0170. The molecule has 3 unspecified atom stereocenters. The molecule has 1 aromatic heterocycles. The highest BCUT2D eigenvalue weighted by Crippen LogP contribution is 2.51. The van der Waals surface area contributed by atoms with Crippen molar-refractivity contribution < 1.29 is 37.5 Å². The molecule has 74 heavy (non-hydrogen) atoms. The number of hydrogen-bond donors (Lipinski definition) is 1. The Labute approximate surface area is 443 Å². The van der Waals surface area contributed by atoms with Crippen molar-refractivity contribution in [2.45, 2.75) is 186 Å². The summed E-state index contributed by atoms with van der Waals surface area (Å²) in [5, 5.41) is 9.53. The molecule has 1 N–H and O–H groups in total. The van der Waals surface area contributed by atoms with Crippen LogP contribution >= 0.6 is 8.53 Å². The molecule has 5 rings (SSSR count). The molecule has 1 aliphatic rings. The Kier molecular flexibility index (Phi) is 27.4. The molecule has 0 aliphatic carbocycles. The van der Waals surface area contributed by atoms with Crippen LogP contribution in [0, 0.1) is 11.3 Å². The van der Waals surface area contributed by atoms with Crippen LogP contribution in [0.1, 0.15) is 167 Å². The van der Waals surface area contributed by atoms with Gasteiger partial charge in [0.2, 0.25) is 0 Å². The normalized spacial score (nSPS) is 17.3. The van der Waals surface area contributed by atoms with Crippen molar-refractivity contribution in [3.63, 3.8) is 0 Å². The molecule has 3 aromatic carbocycles. The van der Waals surface area contributed by atoms with Gasteiger partial charge in [-0.2, -0.15) is 5.26 Å². The summed E-state index contributed by atoms with van der Waals surface area (Å²) in [5.41, 5.74) is 0.0869. The summed E-state index contributed by atoms with van der Waals surface area (Å²) in [6, 6.07) is 29.0. The van der Waals surface area contributed by atoms with E-state index in [1.165, 1.54) is 107 Å². The highest BCUT2D eigenvalue weighted by molar-refractivity contribution is 7.44. The fraction of sp³-hybridized carbons (Fsp3) is 0.610. The number of aromatic amines is 1. The Morgan fingerprint density at radius 3 is 1.70 bits per heavy atom. The number of nitrogens with one attached hydrogen (secondary N) is 1. The van der Waals surface area contributed by atoms with Crippen LogP contribution in [0.4, 0.5) is 0 Å². The first kappa shape index (κ1) is 60.4. The van der Waals surface area contributed by atoms with E-state index in [1.54, 1.807) is 14.2 Å². The Balaban J connectivity index is 1.37. The largest absolute Gasteiger partial charge is 0.497 e. The first-order valence-electron chi connectivity index (χ1n) is 27.5. The molecule has 0 radical (unpaired) electrons.